The molecule has 0 fully saturated rings. The van der Waals surface area contributed by atoms with Crippen molar-refractivity contribution in [2.24, 2.45) is 0 Å². The van der Waals surface area contributed by atoms with Crippen molar-refractivity contribution in [2.45, 2.75) is 40.8 Å². The standard InChI is InChI=1S/C20H24N6O2S/c1-6-26-11-16(13(3)23-26)10-25(5)20(28)15-8-7-12(2)17(9-15)21-19(27)18-14(4)22-24-29-18/h7-9,11H,6,10H2,1-5H3,(H,21,27). The van der Waals surface area contributed by atoms with Crippen LogP contribution in [-0.2, 0) is 13.1 Å². The molecule has 3 aromatic rings. The van der Waals surface area contributed by atoms with Gasteiger partial charge in [-0.15, -0.1) is 5.10 Å². The van der Waals surface area contributed by atoms with E-state index in [0.29, 0.717) is 28.4 Å². The molecule has 1 N–H and O–H groups in total. The fourth-order valence-electron chi connectivity index (χ4n) is 2.93. The van der Waals surface area contributed by atoms with Crippen LogP contribution in [0.1, 0.15) is 49.5 Å². The zero-order valence-corrected chi connectivity index (χ0v) is 18.0. The van der Waals surface area contributed by atoms with Crippen LogP contribution < -0.4 is 5.32 Å². The topological polar surface area (TPSA) is 93.0 Å². The maximum absolute atomic E-state index is 12.9. The van der Waals surface area contributed by atoms with E-state index >= 15 is 0 Å². The minimum absolute atomic E-state index is 0.125. The van der Waals surface area contributed by atoms with Gasteiger partial charge in [0.15, 0.2) is 0 Å². The molecule has 9 heteroatoms. The summed E-state index contributed by atoms with van der Waals surface area (Å²) < 4.78 is 5.65. The van der Waals surface area contributed by atoms with Gasteiger partial charge in [-0.25, -0.2) is 0 Å². The van der Waals surface area contributed by atoms with Gasteiger partial charge in [0.05, 0.1) is 11.4 Å². The average Bonchev–Trinajstić information content (AvgIpc) is 3.28. The highest BCUT2D eigenvalue weighted by Gasteiger charge is 2.18. The first-order valence-electron chi connectivity index (χ1n) is 9.29. The van der Waals surface area contributed by atoms with Crippen molar-refractivity contribution in [1.82, 2.24) is 24.3 Å². The summed E-state index contributed by atoms with van der Waals surface area (Å²) in [6, 6.07) is 5.30. The molecule has 2 heterocycles. The lowest BCUT2D eigenvalue weighted by Gasteiger charge is -2.18. The summed E-state index contributed by atoms with van der Waals surface area (Å²) in [5, 5.41) is 11.2. The van der Waals surface area contributed by atoms with Crippen LogP contribution in [0.2, 0.25) is 0 Å². The number of rotatable bonds is 6. The molecule has 8 nitrogen and oxygen atoms in total. The minimum atomic E-state index is -0.277. The Morgan fingerprint density at radius 1 is 1.21 bits per heavy atom. The Morgan fingerprint density at radius 2 is 1.97 bits per heavy atom. The molecule has 0 atom stereocenters. The fraction of sp³-hybridized carbons (Fsp3) is 0.350. The lowest BCUT2D eigenvalue weighted by atomic mass is 10.1. The monoisotopic (exact) mass is 412 g/mol. The van der Waals surface area contributed by atoms with Gasteiger partial charge in [-0.2, -0.15) is 5.10 Å². The Bertz CT molecular complexity index is 1060. The summed E-state index contributed by atoms with van der Waals surface area (Å²) >= 11 is 1.05. The van der Waals surface area contributed by atoms with Crippen LogP contribution in [0.5, 0.6) is 0 Å². The van der Waals surface area contributed by atoms with E-state index in [2.05, 4.69) is 20.0 Å². The van der Waals surface area contributed by atoms with Crippen molar-refractivity contribution in [2.75, 3.05) is 12.4 Å². The van der Waals surface area contributed by atoms with Gasteiger partial charge in [0, 0.05) is 43.1 Å². The second kappa shape index (κ2) is 8.52. The molecule has 0 spiro atoms. The van der Waals surface area contributed by atoms with E-state index < -0.39 is 0 Å². The lowest BCUT2D eigenvalue weighted by Crippen LogP contribution is -2.26. The van der Waals surface area contributed by atoms with Gasteiger partial charge >= 0.3 is 0 Å². The summed E-state index contributed by atoms with van der Waals surface area (Å²) in [4.78, 5) is 27.5. The quantitative estimate of drug-likeness (QED) is 0.671. The summed E-state index contributed by atoms with van der Waals surface area (Å²) in [6.07, 6.45) is 1.96. The number of carbonyl (C=O) groups is 2. The van der Waals surface area contributed by atoms with Gasteiger partial charge in [-0.1, -0.05) is 10.6 Å². The van der Waals surface area contributed by atoms with E-state index in [1.54, 1.807) is 31.0 Å². The van der Waals surface area contributed by atoms with E-state index in [1.807, 2.05) is 37.7 Å². The molecule has 0 bridgehead atoms. The highest BCUT2D eigenvalue weighted by Crippen LogP contribution is 2.21. The Labute approximate surface area is 173 Å². The number of aryl methyl sites for hydroxylation is 4. The molecule has 2 aromatic heterocycles. The molecule has 0 aliphatic heterocycles. The highest BCUT2D eigenvalue weighted by molar-refractivity contribution is 7.08. The Balaban J connectivity index is 1.77. The van der Waals surface area contributed by atoms with Gasteiger partial charge in [-0.3, -0.25) is 14.3 Å². The number of carbonyl (C=O) groups excluding carboxylic acids is 2. The maximum Gasteiger partial charge on any atom is 0.269 e. The number of benzene rings is 1. The Kier molecular flexibility index (Phi) is 6.07. The molecule has 0 aliphatic rings. The van der Waals surface area contributed by atoms with Crippen LogP contribution in [-0.4, -0.2) is 43.1 Å². The maximum atomic E-state index is 12.9. The van der Waals surface area contributed by atoms with Crippen molar-refractivity contribution < 1.29 is 9.59 Å². The van der Waals surface area contributed by atoms with Crippen molar-refractivity contribution in [3.63, 3.8) is 0 Å². The largest absolute Gasteiger partial charge is 0.337 e. The number of amides is 2. The number of nitrogens with one attached hydrogen (secondary N) is 1. The molecule has 3 rings (SSSR count). The zero-order chi connectivity index (χ0) is 21.1. The number of hydrogen-bond donors (Lipinski definition) is 1. The summed E-state index contributed by atoms with van der Waals surface area (Å²) in [6.45, 7) is 8.84. The van der Waals surface area contributed by atoms with Crippen molar-refractivity contribution in [3.05, 3.63) is 57.4 Å². The third-order valence-electron chi connectivity index (χ3n) is 4.72. The Morgan fingerprint density at radius 3 is 2.59 bits per heavy atom. The highest BCUT2D eigenvalue weighted by atomic mass is 32.1. The zero-order valence-electron chi connectivity index (χ0n) is 17.2. The lowest BCUT2D eigenvalue weighted by molar-refractivity contribution is 0.0784. The minimum Gasteiger partial charge on any atom is -0.337 e. The van der Waals surface area contributed by atoms with E-state index in [-0.39, 0.29) is 11.8 Å². The number of nitrogens with zero attached hydrogens (tertiary/aromatic N) is 5. The molecule has 2 amide bonds. The molecule has 152 valence electrons. The first-order valence-corrected chi connectivity index (χ1v) is 10.1. The molecule has 29 heavy (non-hydrogen) atoms. The van der Waals surface area contributed by atoms with Crippen LogP contribution in [0.25, 0.3) is 0 Å². The molecule has 0 saturated carbocycles. The van der Waals surface area contributed by atoms with Crippen LogP contribution in [0.15, 0.2) is 24.4 Å². The van der Waals surface area contributed by atoms with Gasteiger partial charge in [-0.05, 0) is 56.9 Å². The average molecular weight is 413 g/mol. The van der Waals surface area contributed by atoms with Gasteiger partial charge in [0.2, 0.25) is 0 Å². The first kappa shape index (κ1) is 20.7. The second-order valence-electron chi connectivity index (χ2n) is 6.93. The van der Waals surface area contributed by atoms with Crippen LogP contribution in [0, 0.1) is 20.8 Å². The molecular weight excluding hydrogens is 388 g/mol. The van der Waals surface area contributed by atoms with Gasteiger partial charge < -0.3 is 10.2 Å². The second-order valence-corrected chi connectivity index (χ2v) is 7.68. The molecule has 0 aliphatic carbocycles. The molecule has 0 saturated heterocycles. The SMILES string of the molecule is CCn1cc(CN(C)C(=O)c2ccc(C)c(NC(=O)c3snnc3C)c2)c(C)n1. The van der Waals surface area contributed by atoms with E-state index in [9.17, 15) is 9.59 Å². The van der Waals surface area contributed by atoms with Crippen molar-refractivity contribution in [3.8, 4) is 0 Å². The molecule has 0 unspecified atom stereocenters. The van der Waals surface area contributed by atoms with Crippen LogP contribution >= 0.6 is 11.5 Å². The number of aromatic nitrogens is 4. The molecule has 0 radical (unpaired) electrons. The fourth-order valence-corrected chi connectivity index (χ4v) is 3.48. The van der Waals surface area contributed by atoms with Gasteiger partial charge in [0.25, 0.3) is 11.8 Å². The predicted molar refractivity (Wildman–Crippen MR) is 112 cm³/mol. The van der Waals surface area contributed by atoms with E-state index in [4.69, 9.17) is 0 Å². The smallest absolute Gasteiger partial charge is 0.269 e. The summed E-state index contributed by atoms with van der Waals surface area (Å²) in [7, 11) is 1.76. The van der Waals surface area contributed by atoms with E-state index in [0.717, 1.165) is 34.9 Å². The summed E-state index contributed by atoms with van der Waals surface area (Å²) in [5.41, 5.74) is 4.48. The van der Waals surface area contributed by atoms with Crippen LogP contribution in [0.3, 0.4) is 0 Å². The predicted octanol–water partition coefficient (Wildman–Crippen LogP) is 3.20. The number of anilines is 1. The third kappa shape index (κ3) is 4.51. The molecule has 1 aromatic carbocycles. The van der Waals surface area contributed by atoms with Gasteiger partial charge in [0.1, 0.15) is 4.88 Å². The normalized spacial score (nSPS) is 10.8. The van der Waals surface area contributed by atoms with E-state index in [1.165, 1.54) is 0 Å². The third-order valence-corrected chi connectivity index (χ3v) is 5.54. The number of hydrogen-bond acceptors (Lipinski definition) is 6. The van der Waals surface area contributed by atoms with Crippen molar-refractivity contribution >= 4 is 29.0 Å². The molecular formula is C20H24N6O2S. The Hall–Kier alpha value is -3.07. The first-order chi connectivity index (χ1) is 13.8. The van der Waals surface area contributed by atoms with Crippen molar-refractivity contribution in [1.29, 1.82) is 0 Å². The summed E-state index contributed by atoms with van der Waals surface area (Å²) in [5.74, 6) is -0.402. The van der Waals surface area contributed by atoms with Crippen LogP contribution in [0.4, 0.5) is 5.69 Å².